The van der Waals surface area contributed by atoms with E-state index in [0.717, 1.165) is 6.29 Å². The number of rotatable bonds is 5. The second-order valence-corrected chi connectivity index (χ2v) is 1.99. The normalized spacial score (nSPS) is 12.1. The van der Waals surface area contributed by atoms with Crippen LogP contribution in [0.5, 0.6) is 0 Å². The van der Waals surface area contributed by atoms with E-state index in [4.69, 9.17) is 0 Å². The van der Waals surface area contributed by atoms with Gasteiger partial charge in [-0.3, -0.25) is 4.79 Å². The molecule has 1 unspecified atom stereocenters. The van der Waals surface area contributed by atoms with Crippen LogP contribution >= 0.6 is 0 Å². The van der Waals surface area contributed by atoms with Gasteiger partial charge in [0.2, 0.25) is 0 Å². The molecule has 10 heavy (non-hydrogen) atoms. The summed E-state index contributed by atoms with van der Waals surface area (Å²) < 4.78 is 0. The summed E-state index contributed by atoms with van der Waals surface area (Å²) in [7, 11) is 0. The number of allylic oxidation sites excluding steroid dienone is 1. The lowest BCUT2D eigenvalue weighted by Crippen LogP contribution is -2.10. The molecule has 0 rings (SSSR count). The highest BCUT2D eigenvalue weighted by Gasteiger charge is 2.11. The summed E-state index contributed by atoms with van der Waals surface area (Å²) in [5.41, 5.74) is 0. The van der Waals surface area contributed by atoms with Crippen molar-refractivity contribution in [2.45, 2.75) is 12.8 Å². The lowest BCUT2D eigenvalue weighted by Gasteiger charge is -2.04. The second-order valence-electron chi connectivity index (χ2n) is 1.99. The fraction of sp³-hybridized carbons (Fsp3) is 0.375. The van der Waals surface area contributed by atoms with Gasteiger partial charge in [-0.05, 0) is 12.5 Å². The first-order valence-electron chi connectivity index (χ1n) is 3.15. The molecule has 0 aliphatic heterocycles. The van der Waals surface area contributed by atoms with Gasteiger partial charge in [0.25, 0.3) is 0 Å². The number of aldehydes is 1. The molecule has 0 amide bonds. The van der Waals surface area contributed by atoms with Gasteiger partial charge >= 0.3 is 0 Å². The molecule has 0 aromatic rings. The molecular formula is C8H11O2. The number of hydrogen-bond donors (Lipinski definition) is 0. The lowest BCUT2D eigenvalue weighted by atomic mass is 9.98. The quantitative estimate of drug-likeness (QED) is 0.423. The van der Waals surface area contributed by atoms with Crippen LogP contribution in [-0.4, -0.2) is 12.1 Å². The third-order valence-corrected chi connectivity index (χ3v) is 1.33. The minimum atomic E-state index is -0.255. The van der Waals surface area contributed by atoms with Crippen molar-refractivity contribution in [1.82, 2.24) is 0 Å². The Morgan fingerprint density at radius 2 is 2.20 bits per heavy atom. The molecule has 0 saturated heterocycles. The molecule has 0 saturated carbocycles. The molecule has 2 heteroatoms. The molecule has 0 N–H and O–H groups in total. The molecule has 1 atom stereocenters. The van der Waals surface area contributed by atoms with E-state index in [1.165, 1.54) is 6.08 Å². The molecule has 0 bridgehead atoms. The Balaban J connectivity index is 3.91. The van der Waals surface area contributed by atoms with Crippen LogP contribution in [0.4, 0.5) is 0 Å². The van der Waals surface area contributed by atoms with Crippen LogP contribution < -0.4 is 0 Å². The zero-order valence-corrected chi connectivity index (χ0v) is 5.88. The maximum absolute atomic E-state index is 10.8. The number of ketones is 1. The third kappa shape index (κ3) is 2.58. The van der Waals surface area contributed by atoms with Crippen molar-refractivity contribution in [3.05, 3.63) is 19.6 Å². The van der Waals surface area contributed by atoms with Crippen molar-refractivity contribution >= 4 is 12.1 Å². The van der Waals surface area contributed by atoms with E-state index in [2.05, 4.69) is 13.5 Å². The van der Waals surface area contributed by atoms with Gasteiger partial charge < -0.3 is 4.79 Å². The molecule has 2 nitrogen and oxygen atoms in total. The van der Waals surface area contributed by atoms with Crippen LogP contribution in [0.3, 0.4) is 0 Å². The Morgan fingerprint density at radius 1 is 1.60 bits per heavy atom. The van der Waals surface area contributed by atoms with Gasteiger partial charge in [-0.1, -0.05) is 13.5 Å². The molecule has 0 fully saturated rings. The van der Waals surface area contributed by atoms with Crippen molar-refractivity contribution in [1.29, 1.82) is 0 Å². The Morgan fingerprint density at radius 3 is 2.50 bits per heavy atom. The third-order valence-electron chi connectivity index (χ3n) is 1.33. The van der Waals surface area contributed by atoms with Crippen molar-refractivity contribution in [3.8, 4) is 0 Å². The number of hydrogen-bond acceptors (Lipinski definition) is 2. The molecular weight excluding hydrogens is 128 g/mol. The SMILES string of the molecule is [CH2]CC(CC=O)C(=O)C=C. The fourth-order valence-electron chi connectivity index (χ4n) is 0.659. The van der Waals surface area contributed by atoms with Crippen LogP contribution in [-0.2, 0) is 9.59 Å². The average Bonchev–Trinajstić information content (AvgIpc) is 1.99. The maximum Gasteiger partial charge on any atom is 0.158 e. The molecule has 0 heterocycles. The maximum atomic E-state index is 10.8. The van der Waals surface area contributed by atoms with Crippen molar-refractivity contribution in [2.75, 3.05) is 0 Å². The Hall–Kier alpha value is -0.920. The van der Waals surface area contributed by atoms with Crippen LogP contribution in [0.15, 0.2) is 12.7 Å². The highest BCUT2D eigenvalue weighted by Crippen LogP contribution is 2.07. The van der Waals surface area contributed by atoms with Crippen LogP contribution in [0.1, 0.15) is 12.8 Å². The zero-order valence-electron chi connectivity index (χ0n) is 5.88. The molecule has 55 valence electrons. The predicted molar refractivity (Wildman–Crippen MR) is 39.3 cm³/mol. The lowest BCUT2D eigenvalue weighted by molar-refractivity contribution is -0.120. The summed E-state index contributed by atoms with van der Waals surface area (Å²) in [5, 5.41) is 0. The Kier molecular flexibility index (Phi) is 4.46. The van der Waals surface area contributed by atoms with E-state index >= 15 is 0 Å². The van der Waals surface area contributed by atoms with Gasteiger partial charge in [-0.25, -0.2) is 0 Å². The first-order valence-corrected chi connectivity index (χ1v) is 3.15. The smallest absolute Gasteiger partial charge is 0.158 e. The first-order chi connectivity index (χ1) is 4.76. The topological polar surface area (TPSA) is 34.1 Å². The summed E-state index contributed by atoms with van der Waals surface area (Å²) in [5.74, 6) is -0.350. The highest BCUT2D eigenvalue weighted by atomic mass is 16.1. The fourth-order valence-corrected chi connectivity index (χ4v) is 0.659. The van der Waals surface area contributed by atoms with Crippen molar-refractivity contribution in [2.24, 2.45) is 5.92 Å². The summed E-state index contributed by atoms with van der Waals surface area (Å²) in [6.45, 7) is 6.86. The van der Waals surface area contributed by atoms with E-state index in [1.807, 2.05) is 0 Å². The highest BCUT2D eigenvalue weighted by molar-refractivity contribution is 5.92. The van der Waals surface area contributed by atoms with Crippen molar-refractivity contribution < 1.29 is 9.59 Å². The Labute approximate surface area is 60.9 Å². The summed E-state index contributed by atoms with van der Waals surface area (Å²) in [6.07, 6.45) is 2.69. The van der Waals surface area contributed by atoms with Crippen LogP contribution in [0.25, 0.3) is 0 Å². The number of carbonyl (C=O) groups is 2. The van der Waals surface area contributed by atoms with E-state index < -0.39 is 0 Å². The molecule has 0 aromatic heterocycles. The molecule has 0 aliphatic carbocycles. The van der Waals surface area contributed by atoms with Gasteiger partial charge in [0.1, 0.15) is 6.29 Å². The second kappa shape index (κ2) is 4.91. The van der Waals surface area contributed by atoms with E-state index in [9.17, 15) is 9.59 Å². The van der Waals surface area contributed by atoms with Crippen LogP contribution in [0.2, 0.25) is 0 Å². The van der Waals surface area contributed by atoms with Crippen molar-refractivity contribution in [3.63, 3.8) is 0 Å². The van der Waals surface area contributed by atoms with E-state index in [1.54, 1.807) is 0 Å². The van der Waals surface area contributed by atoms with Gasteiger partial charge in [0.05, 0.1) is 0 Å². The average molecular weight is 139 g/mol. The molecule has 1 radical (unpaired) electrons. The Bertz CT molecular complexity index is 138. The summed E-state index contributed by atoms with van der Waals surface area (Å²) in [4.78, 5) is 20.8. The van der Waals surface area contributed by atoms with E-state index in [0.29, 0.717) is 6.42 Å². The van der Waals surface area contributed by atoms with E-state index in [-0.39, 0.29) is 18.1 Å². The monoisotopic (exact) mass is 139 g/mol. The molecule has 0 spiro atoms. The summed E-state index contributed by atoms with van der Waals surface area (Å²) in [6, 6.07) is 0. The molecule has 0 aliphatic rings. The van der Waals surface area contributed by atoms with Gasteiger partial charge in [0.15, 0.2) is 5.78 Å². The van der Waals surface area contributed by atoms with Gasteiger partial charge in [-0.2, -0.15) is 0 Å². The minimum Gasteiger partial charge on any atom is -0.303 e. The predicted octanol–water partition coefficient (Wildman–Crippen LogP) is 1.17. The minimum absolute atomic E-state index is 0.0953. The van der Waals surface area contributed by atoms with Crippen LogP contribution in [0, 0.1) is 12.8 Å². The standard InChI is InChI=1S/C8H11O2/c1-3-7(5-6-9)8(10)4-2/h4,6-7H,1-3,5H2. The largest absolute Gasteiger partial charge is 0.303 e. The molecule has 0 aromatic carbocycles. The summed E-state index contributed by atoms with van der Waals surface area (Å²) >= 11 is 0. The number of carbonyl (C=O) groups excluding carboxylic acids is 2. The van der Waals surface area contributed by atoms with Gasteiger partial charge in [0, 0.05) is 12.3 Å². The van der Waals surface area contributed by atoms with Gasteiger partial charge in [-0.15, -0.1) is 0 Å². The first kappa shape index (κ1) is 9.08. The zero-order chi connectivity index (χ0) is 7.98.